The van der Waals surface area contributed by atoms with Crippen LogP contribution in [-0.2, 0) is 4.84 Å². The minimum atomic E-state index is -0.647. The highest BCUT2D eigenvalue weighted by Gasteiger charge is 2.20. The standard InChI is InChI=1S/C13H17N3O4S/c1-6(17)5-19-16-12(18)11-8(3)14-13(21-11)10-7(2)15-20-9(10)4/h6,17H,5H2,1-4H3,(H,16,18). The SMILES string of the molecule is Cc1nc(-c2c(C)noc2C)sc1C(=O)NOCC(C)O. The molecule has 1 unspecified atom stereocenters. The molecule has 0 saturated heterocycles. The van der Waals surface area contributed by atoms with E-state index in [0.717, 1.165) is 11.3 Å². The number of thiazole rings is 1. The molecule has 2 rings (SSSR count). The number of aryl methyl sites for hydroxylation is 3. The fourth-order valence-corrected chi connectivity index (χ4v) is 2.87. The van der Waals surface area contributed by atoms with Crippen LogP contribution in [-0.4, -0.2) is 33.9 Å². The van der Waals surface area contributed by atoms with Crippen molar-refractivity contribution in [2.24, 2.45) is 0 Å². The van der Waals surface area contributed by atoms with E-state index in [4.69, 9.17) is 14.5 Å². The number of hydrogen-bond donors (Lipinski definition) is 2. The zero-order valence-corrected chi connectivity index (χ0v) is 13.1. The Hall–Kier alpha value is -1.77. The quantitative estimate of drug-likeness (QED) is 0.817. The maximum Gasteiger partial charge on any atom is 0.286 e. The first-order valence-corrected chi connectivity index (χ1v) is 7.22. The maximum atomic E-state index is 12.0. The molecular weight excluding hydrogens is 294 g/mol. The van der Waals surface area contributed by atoms with Crippen molar-refractivity contribution in [3.63, 3.8) is 0 Å². The van der Waals surface area contributed by atoms with Crippen molar-refractivity contribution >= 4 is 17.2 Å². The molecule has 1 atom stereocenters. The van der Waals surface area contributed by atoms with Crippen LogP contribution in [0.25, 0.3) is 10.6 Å². The molecule has 0 aromatic carbocycles. The summed E-state index contributed by atoms with van der Waals surface area (Å²) in [6, 6.07) is 0. The molecule has 0 saturated carbocycles. The highest BCUT2D eigenvalue weighted by molar-refractivity contribution is 7.17. The number of aliphatic hydroxyl groups is 1. The van der Waals surface area contributed by atoms with Gasteiger partial charge in [0, 0.05) is 0 Å². The molecule has 2 N–H and O–H groups in total. The van der Waals surface area contributed by atoms with E-state index in [9.17, 15) is 4.79 Å². The first-order valence-electron chi connectivity index (χ1n) is 6.41. The third kappa shape index (κ3) is 3.46. The summed E-state index contributed by atoms with van der Waals surface area (Å²) in [6.07, 6.45) is -0.647. The molecule has 0 spiro atoms. The average molecular weight is 311 g/mol. The normalized spacial score (nSPS) is 12.4. The predicted octanol–water partition coefficient (Wildman–Crippen LogP) is 1.77. The van der Waals surface area contributed by atoms with Crippen molar-refractivity contribution in [3.8, 4) is 10.6 Å². The van der Waals surface area contributed by atoms with Crippen molar-refractivity contribution in [3.05, 3.63) is 22.0 Å². The third-order valence-corrected chi connectivity index (χ3v) is 3.91. The average Bonchev–Trinajstić information content (AvgIpc) is 2.92. The number of hydrogen-bond acceptors (Lipinski definition) is 7. The lowest BCUT2D eigenvalue weighted by Crippen LogP contribution is -2.27. The van der Waals surface area contributed by atoms with Crippen molar-refractivity contribution in [2.75, 3.05) is 6.61 Å². The van der Waals surface area contributed by atoms with Gasteiger partial charge in [-0.25, -0.2) is 10.5 Å². The molecule has 0 radical (unpaired) electrons. The van der Waals surface area contributed by atoms with Crippen molar-refractivity contribution < 1.29 is 19.3 Å². The van der Waals surface area contributed by atoms with Gasteiger partial charge in [-0.05, 0) is 27.7 Å². The van der Waals surface area contributed by atoms with E-state index in [1.807, 2.05) is 6.92 Å². The van der Waals surface area contributed by atoms with E-state index in [1.54, 1.807) is 20.8 Å². The van der Waals surface area contributed by atoms with Gasteiger partial charge in [0.05, 0.1) is 23.1 Å². The van der Waals surface area contributed by atoms with Gasteiger partial charge in [0.15, 0.2) is 0 Å². The van der Waals surface area contributed by atoms with Gasteiger partial charge < -0.3 is 9.63 Å². The van der Waals surface area contributed by atoms with Crippen LogP contribution in [0, 0.1) is 20.8 Å². The van der Waals surface area contributed by atoms with Gasteiger partial charge in [-0.15, -0.1) is 11.3 Å². The molecule has 114 valence electrons. The van der Waals surface area contributed by atoms with E-state index in [0.29, 0.717) is 21.3 Å². The highest BCUT2D eigenvalue weighted by Crippen LogP contribution is 2.32. The molecule has 0 aliphatic carbocycles. The van der Waals surface area contributed by atoms with Gasteiger partial charge in [-0.1, -0.05) is 5.16 Å². The first-order chi connectivity index (χ1) is 9.90. The Kier molecular flexibility index (Phi) is 4.71. The van der Waals surface area contributed by atoms with Gasteiger partial charge in [-0.3, -0.25) is 9.63 Å². The monoisotopic (exact) mass is 311 g/mol. The Bertz CT molecular complexity index is 628. The van der Waals surface area contributed by atoms with Crippen LogP contribution in [0.5, 0.6) is 0 Å². The Morgan fingerprint density at radius 3 is 2.71 bits per heavy atom. The van der Waals surface area contributed by atoms with Crippen LogP contribution in [0.4, 0.5) is 0 Å². The third-order valence-electron chi connectivity index (χ3n) is 2.74. The Morgan fingerprint density at radius 1 is 1.43 bits per heavy atom. The minimum absolute atomic E-state index is 0.0281. The predicted molar refractivity (Wildman–Crippen MR) is 76.9 cm³/mol. The molecule has 2 aromatic rings. The Balaban J connectivity index is 2.18. The minimum Gasteiger partial charge on any atom is -0.391 e. The maximum absolute atomic E-state index is 12.0. The zero-order valence-electron chi connectivity index (χ0n) is 12.3. The van der Waals surface area contributed by atoms with Gasteiger partial charge >= 0.3 is 0 Å². The lowest BCUT2D eigenvalue weighted by atomic mass is 10.2. The molecule has 8 heteroatoms. The number of nitrogens with one attached hydrogen (secondary N) is 1. The van der Waals surface area contributed by atoms with E-state index in [1.165, 1.54) is 11.3 Å². The zero-order chi connectivity index (χ0) is 15.6. The summed E-state index contributed by atoms with van der Waals surface area (Å²) in [5, 5.41) is 13.6. The molecule has 2 heterocycles. The van der Waals surface area contributed by atoms with E-state index < -0.39 is 6.10 Å². The lowest BCUT2D eigenvalue weighted by molar-refractivity contribution is -0.00669. The van der Waals surface area contributed by atoms with E-state index >= 15 is 0 Å². The second kappa shape index (κ2) is 6.33. The summed E-state index contributed by atoms with van der Waals surface area (Å²) in [5.41, 5.74) is 4.44. The smallest absolute Gasteiger partial charge is 0.286 e. The van der Waals surface area contributed by atoms with E-state index in [2.05, 4.69) is 15.6 Å². The number of rotatable bonds is 5. The molecular formula is C13H17N3O4S. The molecule has 0 fully saturated rings. The second-order valence-electron chi connectivity index (χ2n) is 4.72. The summed E-state index contributed by atoms with van der Waals surface area (Å²) >= 11 is 1.25. The molecule has 0 bridgehead atoms. The molecule has 21 heavy (non-hydrogen) atoms. The number of aromatic nitrogens is 2. The van der Waals surface area contributed by atoms with Gasteiger partial charge in [0.1, 0.15) is 22.3 Å². The molecule has 2 aromatic heterocycles. The molecule has 1 amide bonds. The summed E-state index contributed by atoms with van der Waals surface area (Å²) in [7, 11) is 0. The van der Waals surface area contributed by atoms with Crippen LogP contribution >= 0.6 is 11.3 Å². The van der Waals surface area contributed by atoms with Crippen LogP contribution in [0.1, 0.15) is 33.7 Å². The highest BCUT2D eigenvalue weighted by atomic mass is 32.1. The van der Waals surface area contributed by atoms with Gasteiger partial charge in [0.25, 0.3) is 5.91 Å². The summed E-state index contributed by atoms with van der Waals surface area (Å²) < 4.78 is 5.11. The second-order valence-corrected chi connectivity index (χ2v) is 5.72. The first kappa shape index (κ1) is 15.6. The molecule has 0 aliphatic rings. The van der Waals surface area contributed by atoms with Gasteiger partial charge in [-0.2, -0.15) is 0 Å². The number of carbonyl (C=O) groups is 1. The summed E-state index contributed by atoms with van der Waals surface area (Å²) in [5.74, 6) is 0.280. The Labute approximate surface area is 125 Å². The van der Waals surface area contributed by atoms with Crippen molar-refractivity contribution in [2.45, 2.75) is 33.8 Å². The summed E-state index contributed by atoms with van der Waals surface area (Å²) in [4.78, 5) is 21.8. The fraction of sp³-hybridized carbons (Fsp3) is 0.462. The number of aliphatic hydroxyl groups excluding tert-OH is 1. The largest absolute Gasteiger partial charge is 0.391 e. The van der Waals surface area contributed by atoms with E-state index in [-0.39, 0.29) is 12.5 Å². The van der Waals surface area contributed by atoms with Crippen LogP contribution in [0.15, 0.2) is 4.52 Å². The number of carbonyl (C=O) groups excluding carboxylic acids is 1. The lowest BCUT2D eigenvalue weighted by Gasteiger charge is -2.06. The number of nitrogens with zero attached hydrogens (tertiary/aromatic N) is 2. The Morgan fingerprint density at radius 2 is 2.14 bits per heavy atom. The van der Waals surface area contributed by atoms with Crippen LogP contribution < -0.4 is 5.48 Å². The summed E-state index contributed by atoms with van der Waals surface area (Å²) in [6.45, 7) is 6.98. The van der Waals surface area contributed by atoms with Gasteiger partial charge in [0.2, 0.25) is 0 Å². The van der Waals surface area contributed by atoms with Crippen LogP contribution in [0.2, 0.25) is 0 Å². The van der Waals surface area contributed by atoms with Crippen molar-refractivity contribution in [1.29, 1.82) is 0 Å². The molecule has 0 aliphatic heterocycles. The van der Waals surface area contributed by atoms with Crippen LogP contribution in [0.3, 0.4) is 0 Å². The van der Waals surface area contributed by atoms with Crippen molar-refractivity contribution in [1.82, 2.24) is 15.6 Å². The molecule has 7 nitrogen and oxygen atoms in total. The number of amides is 1. The number of hydroxylamine groups is 1. The fourth-order valence-electron chi connectivity index (χ4n) is 1.78. The topological polar surface area (TPSA) is 97.5 Å².